The number of imide groups is 1. The molecule has 0 radical (unpaired) electrons. The number of hydrogen-bond donors (Lipinski definition) is 2. The van der Waals surface area contributed by atoms with Crippen molar-refractivity contribution in [2.75, 3.05) is 24.2 Å². The number of anilines is 3. The van der Waals surface area contributed by atoms with Gasteiger partial charge >= 0.3 is 0 Å². The van der Waals surface area contributed by atoms with Crippen molar-refractivity contribution in [3.05, 3.63) is 77.2 Å². The van der Waals surface area contributed by atoms with Gasteiger partial charge in [0, 0.05) is 25.7 Å². The molecule has 8 heteroatoms. The van der Waals surface area contributed by atoms with E-state index < -0.39 is 0 Å². The quantitative estimate of drug-likeness (QED) is 0.352. The Morgan fingerprint density at radius 1 is 1.03 bits per heavy atom. The molecule has 0 atom stereocenters. The maximum atomic E-state index is 13.0. The highest BCUT2D eigenvalue weighted by molar-refractivity contribution is 6.21. The summed E-state index contributed by atoms with van der Waals surface area (Å²) in [7, 11) is 1.73. The number of nitrogens with one attached hydrogen (secondary N) is 2. The third kappa shape index (κ3) is 4.42. The monoisotopic (exact) mass is 429 g/mol. The number of rotatable bonds is 6. The lowest BCUT2D eigenvalue weighted by Crippen LogP contribution is -2.30. The van der Waals surface area contributed by atoms with Crippen LogP contribution >= 0.6 is 0 Å². The number of fused-ring (bicyclic) bond motifs is 1. The van der Waals surface area contributed by atoms with E-state index >= 15 is 0 Å². The van der Waals surface area contributed by atoms with Gasteiger partial charge in [0.15, 0.2) is 0 Å². The van der Waals surface area contributed by atoms with Crippen LogP contribution in [-0.2, 0) is 0 Å². The van der Waals surface area contributed by atoms with Gasteiger partial charge in [0.2, 0.25) is 5.95 Å². The minimum Gasteiger partial charge on any atom is -0.372 e. The van der Waals surface area contributed by atoms with Crippen LogP contribution in [0, 0.1) is 17.7 Å². The van der Waals surface area contributed by atoms with Crippen molar-refractivity contribution in [1.29, 1.82) is 0 Å². The van der Waals surface area contributed by atoms with Crippen molar-refractivity contribution in [2.45, 2.75) is 12.8 Å². The van der Waals surface area contributed by atoms with Crippen molar-refractivity contribution in [3.8, 4) is 11.8 Å². The van der Waals surface area contributed by atoms with E-state index in [1.807, 2.05) is 0 Å². The summed E-state index contributed by atoms with van der Waals surface area (Å²) in [6.07, 6.45) is 2.67. The second-order valence-electron chi connectivity index (χ2n) is 7.05. The molecule has 4 rings (SSSR count). The lowest BCUT2D eigenvalue weighted by atomic mass is 10.1. The van der Waals surface area contributed by atoms with Crippen molar-refractivity contribution in [2.24, 2.45) is 0 Å². The summed E-state index contributed by atoms with van der Waals surface area (Å²) in [4.78, 5) is 34.7. The summed E-state index contributed by atoms with van der Waals surface area (Å²) in [5.41, 5.74) is 2.20. The molecule has 2 amide bonds. The Morgan fingerprint density at radius 3 is 2.38 bits per heavy atom. The Bertz CT molecular complexity index is 1200. The minimum atomic E-state index is -0.319. The van der Waals surface area contributed by atoms with Crippen molar-refractivity contribution in [3.63, 3.8) is 0 Å². The van der Waals surface area contributed by atoms with E-state index in [0.29, 0.717) is 53.5 Å². The fourth-order valence-electron chi connectivity index (χ4n) is 3.31. The fourth-order valence-corrected chi connectivity index (χ4v) is 3.31. The molecule has 0 bridgehead atoms. The Hall–Kier alpha value is -4.25. The van der Waals surface area contributed by atoms with Gasteiger partial charge in [0.05, 0.1) is 22.9 Å². The first-order valence-electron chi connectivity index (χ1n) is 10.1. The first-order chi connectivity index (χ1) is 15.6. The molecule has 2 N–H and O–H groups in total. The maximum absolute atomic E-state index is 13.0. The summed E-state index contributed by atoms with van der Waals surface area (Å²) < 4.78 is 13.0. The number of amides is 2. The molecule has 0 saturated heterocycles. The van der Waals surface area contributed by atoms with Crippen LogP contribution in [0.5, 0.6) is 0 Å². The van der Waals surface area contributed by atoms with Crippen LogP contribution in [0.2, 0.25) is 0 Å². The maximum Gasteiger partial charge on any atom is 0.261 e. The van der Waals surface area contributed by atoms with Crippen LogP contribution in [0.1, 0.15) is 39.1 Å². The average Bonchev–Trinajstić information content (AvgIpc) is 3.06. The smallest absolute Gasteiger partial charge is 0.261 e. The van der Waals surface area contributed by atoms with Crippen molar-refractivity contribution < 1.29 is 14.0 Å². The summed E-state index contributed by atoms with van der Waals surface area (Å²) in [6, 6.07) is 12.7. The number of hydrogen-bond acceptors (Lipinski definition) is 6. The van der Waals surface area contributed by atoms with E-state index in [-0.39, 0.29) is 17.6 Å². The van der Waals surface area contributed by atoms with E-state index in [2.05, 4.69) is 32.4 Å². The second-order valence-corrected chi connectivity index (χ2v) is 7.05. The van der Waals surface area contributed by atoms with Gasteiger partial charge in [-0.05, 0) is 42.8 Å². The molecule has 2 heterocycles. The van der Waals surface area contributed by atoms with Gasteiger partial charge in [-0.15, -0.1) is 0 Å². The predicted molar refractivity (Wildman–Crippen MR) is 119 cm³/mol. The van der Waals surface area contributed by atoms with Gasteiger partial charge in [-0.3, -0.25) is 14.5 Å². The van der Waals surface area contributed by atoms with E-state index in [1.165, 1.54) is 17.0 Å². The average molecular weight is 429 g/mol. The molecule has 32 heavy (non-hydrogen) atoms. The Morgan fingerprint density at radius 2 is 1.72 bits per heavy atom. The highest BCUT2D eigenvalue weighted by atomic mass is 19.1. The second kappa shape index (κ2) is 9.27. The molecule has 0 saturated carbocycles. The molecule has 1 aliphatic rings. The number of carbonyl (C=O) groups excluding carboxylic acids is 2. The lowest BCUT2D eigenvalue weighted by Gasteiger charge is -2.12. The SMILES string of the molecule is CNc1nc(Nc2ccc(F)cc2)ncc1C#CCCCN1C(=O)c2ccccc2C1=O. The minimum absolute atomic E-state index is 0.256. The van der Waals surface area contributed by atoms with E-state index in [9.17, 15) is 14.0 Å². The third-order valence-corrected chi connectivity index (χ3v) is 4.91. The van der Waals surface area contributed by atoms with Gasteiger partial charge in [-0.1, -0.05) is 24.0 Å². The highest BCUT2D eigenvalue weighted by Gasteiger charge is 2.34. The molecule has 2 aromatic carbocycles. The normalized spacial score (nSPS) is 12.2. The molecule has 3 aromatic rings. The summed E-state index contributed by atoms with van der Waals surface area (Å²) >= 11 is 0. The standard InChI is InChI=1S/C24H20FN5O2/c1-26-21-16(15-27-24(29-21)28-18-12-10-17(25)11-13-18)7-3-2-6-14-30-22(31)19-8-4-5-9-20(19)23(30)32/h4-5,8-13,15H,2,6,14H2,1H3,(H2,26,27,28,29). The van der Waals surface area contributed by atoms with Gasteiger partial charge in [0.25, 0.3) is 11.8 Å². The molecule has 0 aliphatic carbocycles. The van der Waals surface area contributed by atoms with Crippen LogP contribution < -0.4 is 10.6 Å². The topological polar surface area (TPSA) is 87.2 Å². The molecule has 0 spiro atoms. The first-order valence-corrected chi connectivity index (χ1v) is 10.1. The fraction of sp³-hybridized carbons (Fsp3) is 0.167. The molecule has 0 unspecified atom stereocenters. The summed E-state index contributed by atoms with van der Waals surface area (Å²) in [6.45, 7) is 0.316. The molecule has 0 fully saturated rings. The third-order valence-electron chi connectivity index (χ3n) is 4.91. The van der Waals surface area contributed by atoms with E-state index in [0.717, 1.165) is 0 Å². The van der Waals surface area contributed by atoms with Gasteiger partial charge in [0.1, 0.15) is 11.6 Å². The van der Waals surface area contributed by atoms with Crippen LogP contribution in [0.25, 0.3) is 0 Å². The molecule has 160 valence electrons. The largest absolute Gasteiger partial charge is 0.372 e. The number of nitrogens with zero attached hydrogens (tertiary/aromatic N) is 3. The van der Waals surface area contributed by atoms with Gasteiger partial charge in [-0.2, -0.15) is 4.98 Å². The van der Waals surface area contributed by atoms with Crippen LogP contribution in [0.3, 0.4) is 0 Å². The molecule has 7 nitrogen and oxygen atoms in total. The van der Waals surface area contributed by atoms with Gasteiger partial charge < -0.3 is 10.6 Å². The zero-order valence-corrected chi connectivity index (χ0v) is 17.4. The Balaban J connectivity index is 1.35. The van der Waals surface area contributed by atoms with Crippen LogP contribution in [0.15, 0.2) is 54.7 Å². The number of aromatic nitrogens is 2. The highest BCUT2D eigenvalue weighted by Crippen LogP contribution is 2.22. The molecule has 1 aromatic heterocycles. The number of benzene rings is 2. The Kier molecular flexibility index (Phi) is 6.08. The molecular weight excluding hydrogens is 409 g/mol. The summed E-state index contributed by atoms with van der Waals surface area (Å²) in [5, 5.41) is 6.00. The van der Waals surface area contributed by atoms with E-state index in [4.69, 9.17) is 0 Å². The number of unbranched alkanes of at least 4 members (excludes halogenated alkanes) is 1. The number of halogens is 1. The predicted octanol–water partition coefficient (Wildman–Crippen LogP) is 3.83. The molecule has 1 aliphatic heterocycles. The van der Waals surface area contributed by atoms with Crippen molar-refractivity contribution in [1.82, 2.24) is 14.9 Å². The van der Waals surface area contributed by atoms with Crippen LogP contribution in [-0.4, -0.2) is 40.3 Å². The van der Waals surface area contributed by atoms with Crippen LogP contribution in [0.4, 0.5) is 21.8 Å². The first kappa shape index (κ1) is 21.0. The number of carbonyl (C=O) groups is 2. The zero-order chi connectivity index (χ0) is 22.5. The Labute approximate surface area is 184 Å². The molecular formula is C24H20FN5O2. The van der Waals surface area contributed by atoms with Gasteiger partial charge in [-0.25, -0.2) is 9.37 Å². The van der Waals surface area contributed by atoms with Crippen molar-refractivity contribution >= 4 is 29.3 Å². The van der Waals surface area contributed by atoms with E-state index in [1.54, 1.807) is 49.6 Å². The zero-order valence-electron chi connectivity index (χ0n) is 17.4. The summed E-state index contributed by atoms with van der Waals surface area (Å²) in [5.74, 6) is 6.15. The lowest BCUT2D eigenvalue weighted by molar-refractivity contribution is 0.0653.